The quantitative estimate of drug-likeness (QED) is 0.303. The fraction of sp³-hybridized carbons (Fsp3) is 0.571. The van der Waals surface area contributed by atoms with E-state index in [-0.39, 0.29) is 34.9 Å². The highest BCUT2D eigenvalue weighted by atomic mass is 32.3. The molecule has 288 valence electrons. The maximum absolute atomic E-state index is 13.2. The molecule has 13 heteroatoms. The number of rotatable bonds is 0. The Morgan fingerprint density at radius 2 is 1.07 bits per heavy atom. The number of anilines is 2. The van der Waals surface area contributed by atoms with Crippen LogP contribution < -0.4 is 9.80 Å². The first-order chi connectivity index (χ1) is 26.6. The Morgan fingerprint density at radius 3 is 1.51 bits per heavy atom. The van der Waals surface area contributed by atoms with Crippen LogP contribution in [0.2, 0.25) is 0 Å². The molecule has 12 aliphatic rings. The van der Waals surface area contributed by atoms with Gasteiger partial charge in [0.2, 0.25) is 11.8 Å². The zero-order chi connectivity index (χ0) is 37.2. The summed E-state index contributed by atoms with van der Waals surface area (Å²) in [6, 6.07) is 19.3. The summed E-state index contributed by atoms with van der Waals surface area (Å²) < 4.78 is 44.1. The Balaban J connectivity index is 0.000000109. The molecule has 0 aromatic heterocycles. The molecule has 8 fully saturated rings. The third-order valence-corrected chi connectivity index (χ3v) is 16.4. The van der Waals surface area contributed by atoms with Crippen LogP contribution in [0.3, 0.4) is 0 Å². The van der Waals surface area contributed by atoms with Crippen molar-refractivity contribution in [2.24, 2.45) is 23.7 Å². The van der Waals surface area contributed by atoms with Gasteiger partial charge in [0.05, 0.1) is 50.3 Å². The summed E-state index contributed by atoms with van der Waals surface area (Å²) in [5.41, 5.74) is 8.71. The molecule has 6 saturated heterocycles. The maximum Gasteiger partial charge on any atom is 0.394 e. The lowest BCUT2D eigenvalue weighted by atomic mass is 9.53. The summed E-state index contributed by atoms with van der Waals surface area (Å²) in [7, 11) is -4.67. The first-order valence-corrected chi connectivity index (χ1v) is 21.6. The summed E-state index contributed by atoms with van der Waals surface area (Å²) in [5, 5.41) is 0. The normalized spacial score (nSPS) is 42.8. The topological polar surface area (TPSA) is 140 Å². The SMILES string of the molecule is O=C1CC2OCC=C3CN4CC[C@]56c7ccccc7N1C5C2C3CC46.O=C1CC2OCC=C3CN4CC[C@]56c7ccccc7N1C5C2C3CC46.O=S(=O)(O)O. The third kappa shape index (κ3) is 4.30. The molecule has 2 aromatic rings. The summed E-state index contributed by atoms with van der Waals surface area (Å²) in [6.07, 6.45) is 10.9. The van der Waals surface area contributed by atoms with E-state index in [2.05, 4.69) is 80.3 Å². The molecule has 14 rings (SSSR count). The van der Waals surface area contributed by atoms with E-state index < -0.39 is 10.4 Å². The Bertz CT molecular complexity index is 2080. The van der Waals surface area contributed by atoms with E-state index in [1.807, 2.05) is 0 Å². The zero-order valence-corrected chi connectivity index (χ0v) is 31.4. The molecule has 55 heavy (non-hydrogen) atoms. The van der Waals surface area contributed by atoms with Crippen molar-refractivity contribution in [2.75, 3.05) is 49.2 Å². The number of carbonyl (C=O) groups is 2. The standard InChI is InChI=1S/2C21H22N2O2.H2O4S/c2*24-18-10-16-19-13-9-17-21(6-7-22(17)11-12(13)5-8-25-16)14-3-1-2-4-15(14)23(18)20(19)21;1-5(2,3)4/h2*1-5,13,16-17,19-20H,6-11H2;(H2,1,2,3,4)/t2*13?,16?,17?,19?,20?,21-;/m11./s1. The summed E-state index contributed by atoms with van der Waals surface area (Å²) in [5.74, 6) is 2.70. The monoisotopic (exact) mass is 766 g/mol. The van der Waals surface area contributed by atoms with Crippen molar-refractivity contribution in [1.82, 2.24) is 9.80 Å². The Labute approximate surface area is 320 Å². The lowest BCUT2D eigenvalue weighted by molar-refractivity contribution is -0.133. The van der Waals surface area contributed by atoms with Crippen molar-refractivity contribution >= 4 is 33.6 Å². The summed E-state index contributed by atoms with van der Waals surface area (Å²) >= 11 is 0. The van der Waals surface area contributed by atoms with Crippen LogP contribution in [0.4, 0.5) is 11.4 Å². The van der Waals surface area contributed by atoms with E-state index in [1.165, 1.54) is 61.3 Å². The van der Waals surface area contributed by atoms with E-state index in [9.17, 15) is 9.59 Å². The van der Waals surface area contributed by atoms with Crippen molar-refractivity contribution in [3.8, 4) is 0 Å². The van der Waals surface area contributed by atoms with Gasteiger partial charge in [-0.1, -0.05) is 59.7 Å². The van der Waals surface area contributed by atoms with Crippen LogP contribution in [0.25, 0.3) is 0 Å². The molecule has 2 aromatic carbocycles. The number of piperidine rings is 4. The number of nitrogens with zero attached hydrogens (tertiary/aromatic N) is 4. The van der Waals surface area contributed by atoms with Gasteiger partial charge in [0.25, 0.3) is 0 Å². The molecule has 2 aliphatic carbocycles. The molecule has 0 radical (unpaired) electrons. The van der Waals surface area contributed by atoms with Crippen LogP contribution in [-0.4, -0.2) is 115 Å². The van der Waals surface area contributed by atoms with E-state index >= 15 is 0 Å². The van der Waals surface area contributed by atoms with Crippen LogP contribution in [0.15, 0.2) is 71.8 Å². The van der Waals surface area contributed by atoms with Gasteiger partial charge in [-0.15, -0.1) is 0 Å². The molecule has 2 saturated carbocycles. The minimum atomic E-state index is -4.67. The van der Waals surface area contributed by atoms with E-state index in [0.29, 0.717) is 73.9 Å². The van der Waals surface area contributed by atoms with Gasteiger partial charge in [-0.25, -0.2) is 0 Å². The molecule has 4 bridgehead atoms. The lowest BCUT2D eigenvalue weighted by Gasteiger charge is -2.58. The number of amides is 2. The molecule has 2 spiro atoms. The highest BCUT2D eigenvalue weighted by Crippen LogP contribution is 2.67. The minimum Gasteiger partial charge on any atom is -0.373 e. The van der Waals surface area contributed by atoms with Gasteiger partial charge in [-0.2, -0.15) is 8.42 Å². The smallest absolute Gasteiger partial charge is 0.373 e. The second-order valence-electron chi connectivity index (χ2n) is 18.0. The number of hydrogen-bond acceptors (Lipinski definition) is 8. The average molecular weight is 767 g/mol. The van der Waals surface area contributed by atoms with E-state index in [4.69, 9.17) is 27.0 Å². The number of carbonyl (C=O) groups excluding carboxylic acids is 2. The van der Waals surface area contributed by atoms with E-state index in [1.54, 1.807) is 11.1 Å². The fourth-order valence-electron chi connectivity index (χ4n) is 15.0. The van der Waals surface area contributed by atoms with Gasteiger partial charge < -0.3 is 19.3 Å². The molecule has 10 unspecified atom stereocenters. The van der Waals surface area contributed by atoms with Gasteiger partial charge >= 0.3 is 10.4 Å². The van der Waals surface area contributed by atoms with Crippen molar-refractivity contribution < 1.29 is 36.6 Å². The fourth-order valence-corrected chi connectivity index (χ4v) is 15.0. The van der Waals surface area contributed by atoms with Gasteiger partial charge in [0, 0.05) is 59.2 Å². The molecule has 10 heterocycles. The molecular formula is C42H46N4O8S. The van der Waals surface area contributed by atoms with Crippen LogP contribution >= 0.6 is 0 Å². The second-order valence-corrected chi connectivity index (χ2v) is 18.9. The highest BCUT2D eigenvalue weighted by Gasteiger charge is 2.72. The van der Waals surface area contributed by atoms with Crippen molar-refractivity contribution in [3.63, 3.8) is 0 Å². The molecule has 2 N–H and O–H groups in total. The number of hydrogen-bond donors (Lipinski definition) is 2. The molecule has 12 atom stereocenters. The molecule has 12 nitrogen and oxygen atoms in total. The highest BCUT2D eigenvalue weighted by molar-refractivity contribution is 7.79. The average Bonchev–Trinajstić information content (AvgIpc) is 3.84. The van der Waals surface area contributed by atoms with E-state index in [0.717, 1.165) is 13.1 Å². The Kier molecular flexibility index (Phi) is 6.96. The van der Waals surface area contributed by atoms with Gasteiger partial charge in [0.15, 0.2) is 0 Å². The third-order valence-electron chi connectivity index (χ3n) is 16.4. The molecule has 10 aliphatic heterocycles. The maximum atomic E-state index is 13.2. The van der Waals surface area contributed by atoms with Crippen LogP contribution in [0.1, 0.15) is 49.7 Å². The number of ether oxygens (including phenoxy) is 2. The zero-order valence-electron chi connectivity index (χ0n) is 30.6. The predicted molar refractivity (Wildman–Crippen MR) is 201 cm³/mol. The predicted octanol–water partition coefficient (Wildman–Crippen LogP) is 3.53. The summed E-state index contributed by atoms with van der Waals surface area (Å²) in [4.78, 5) is 36.2. The second kappa shape index (κ2) is 11.4. The molecule has 2 amide bonds. The first-order valence-electron chi connectivity index (χ1n) is 20.2. The summed E-state index contributed by atoms with van der Waals surface area (Å²) in [6.45, 7) is 5.94. The Hall–Kier alpha value is -3.43. The van der Waals surface area contributed by atoms with Crippen LogP contribution in [0.5, 0.6) is 0 Å². The first kappa shape index (κ1) is 33.7. The van der Waals surface area contributed by atoms with Crippen molar-refractivity contribution in [2.45, 2.75) is 85.7 Å². The van der Waals surface area contributed by atoms with Crippen molar-refractivity contribution in [3.05, 3.63) is 83.0 Å². The van der Waals surface area contributed by atoms with Crippen LogP contribution in [0, 0.1) is 23.7 Å². The van der Waals surface area contributed by atoms with Gasteiger partial charge in [0.1, 0.15) is 0 Å². The number of para-hydroxylation sites is 2. The van der Waals surface area contributed by atoms with Gasteiger partial charge in [-0.3, -0.25) is 28.5 Å². The van der Waals surface area contributed by atoms with Crippen LogP contribution in [-0.2, 0) is 40.3 Å². The number of benzene rings is 2. The largest absolute Gasteiger partial charge is 0.394 e. The van der Waals surface area contributed by atoms with Crippen molar-refractivity contribution in [1.29, 1.82) is 0 Å². The Morgan fingerprint density at radius 1 is 0.655 bits per heavy atom. The lowest BCUT2D eigenvalue weighted by Crippen LogP contribution is -2.69. The number of fused-ring (bicyclic) bond motifs is 4. The minimum absolute atomic E-state index is 0.104. The molecular weight excluding hydrogens is 721 g/mol. The van der Waals surface area contributed by atoms with Gasteiger partial charge in [-0.05, 0) is 73.9 Å².